The molecule has 2 aromatic carbocycles. The predicted molar refractivity (Wildman–Crippen MR) is 119 cm³/mol. The third-order valence-electron chi connectivity index (χ3n) is 5.96. The average Bonchev–Trinajstić information content (AvgIpc) is 3.02. The number of benzene rings is 2. The molecule has 1 aliphatic heterocycles. The zero-order chi connectivity index (χ0) is 26.1. The number of ether oxygens (including phenoxy) is 1. The molecule has 2 unspecified atom stereocenters. The van der Waals surface area contributed by atoms with Crippen LogP contribution in [0.1, 0.15) is 30.5 Å². The summed E-state index contributed by atoms with van der Waals surface area (Å²) in [6.07, 6.45) is -4.89. The van der Waals surface area contributed by atoms with Crippen molar-refractivity contribution in [3.8, 4) is 6.07 Å². The van der Waals surface area contributed by atoms with Gasteiger partial charge in [0, 0.05) is 7.05 Å². The number of hydrogen-bond donors (Lipinski definition) is 1. The minimum absolute atomic E-state index is 0.259. The molecule has 11 heteroatoms. The van der Waals surface area contributed by atoms with Crippen LogP contribution in [-0.2, 0) is 26.0 Å². The highest BCUT2D eigenvalue weighted by atomic mass is 19.4. The standard InChI is InChI=1S/C24H23F3N4O4/c1-14(2)19(29)20(32)35-13-23(16-7-5-4-6-8-16)21(33)31(22(34)30(23)3)17-10-9-15(12-28)18(11-17)24(25,26)27/h4-11,14,19H,13,29H2,1-3H3. The number of carbonyl (C=O) groups is 3. The van der Waals surface area contributed by atoms with Gasteiger partial charge in [-0.1, -0.05) is 44.2 Å². The molecule has 2 aromatic rings. The minimum Gasteiger partial charge on any atom is -0.461 e. The Balaban J connectivity index is 2.11. The number of nitrogens with zero attached hydrogens (tertiary/aromatic N) is 3. The number of hydrogen-bond acceptors (Lipinski definition) is 6. The van der Waals surface area contributed by atoms with Gasteiger partial charge in [-0.25, -0.2) is 9.69 Å². The molecule has 0 aromatic heterocycles. The predicted octanol–water partition coefficient (Wildman–Crippen LogP) is 3.40. The summed E-state index contributed by atoms with van der Waals surface area (Å²) in [7, 11) is 1.29. The Kier molecular flexibility index (Phi) is 6.89. The van der Waals surface area contributed by atoms with Gasteiger partial charge < -0.3 is 15.4 Å². The molecule has 1 saturated heterocycles. The van der Waals surface area contributed by atoms with Crippen LogP contribution in [0.15, 0.2) is 48.5 Å². The van der Waals surface area contributed by atoms with Gasteiger partial charge in [-0.05, 0) is 29.7 Å². The van der Waals surface area contributed by atoms with E-state index in [2.05, 4.69) is 0 Å². The van der Waals surface area contributed by atoms with Crippen molar-refractivity contribution in [1.29, 1.82) is 5.26 Å². The molecule has 184 valence electrons. The van der Waals surface area contributed by atoms with E-state index < -0.39 is 53.4 Å². The summed E-state index contributed by atoms with van der Waals surface area (Å²) < 4.78 is 45.9. The minimum atomic E-state index is -4.89. The summed E-state index contributed by atoms with van der Waals surface area (Å²) in [5.41, 5.74) is 1.97. The number of likely N-dealkylation sites (N-methyl/N-ethyl adjacent to an activating group) is 1. The van der Waals surface area contributed by atoms with E-state index in [1.54, 1.807) is 44.2 Å². The van der Waals surface area contributed by atoms with Crippen molar-refractivity contribution >= 4 is 23.6 Å². The maximum absolute atomic E-state index is 13.8. The zero-order valence-electron chi connectivity index (χ0n) is 19.2. The highest BCUT2D eigenvalue weighted by Crippen LogP contribution is 2.41. The van der Waals surface area contributed by atoms with Gasteiger partial charge in [0.2, 0.25) is 0 Å². The molecule has 1 heterocycles. The van der Waals surface area contributed by atoms with Gasteiger partial charge in [0.1, 0.15) is 12.6 Å². The summed E-state index contributed by atoms with van der Waals surface area (Å²) >= 11 is 0. The molecule has 3 rings (SSSR count). The van der Waals surface area contributed by atoms with Crippen LogP contribution >= 0.6 is 0 Å². The van der Waals surface area contributed by atoms with Crippen molar-refractivity contribution in [1.82, 2.24) is 4.90 Å². The lowest BCUT2D eigenvalue weighted by Gasteiger charge is -2.33. The number of rotatable bonds is 6. The average molecular weight is 488 g/mol. The van der Waals surface area contributed by atoms with Gasteiger partial charge in [-0.3, -0.25) is 9.59 Å². The van der Waals surface area contributed by atoms with Gasteiger partial charge >= 0.3 is 18.2 Å². The Labute approximate surface area is 199 Å². The van der Waals surface area contributed by atoms with E-state index in [4.69, 9.17) is 15.7 Å². The highest BCUT2D eigenvalue weighted by molar-refractivity contribution is 6.23. The van der Waals surface area contributed by atoms with Crippen molar-refractivity contribution in [2.24, 2.45) is 11.7 Å². The van der Waals surface area contributed by atoms with Crippen LogP contribution in [0.4, 0.5) is 23.7 Å². The fourth-order valence-corrected chi connectivity index (χ4v) is 3.78. The summed E-state index contributed by atoms with van der Waals surface area (Å²) in [5, 5.41) is 9.06. The Hall–Kier alpha value is -3.91. The molecule has 0 radical (unpaired) electrons. The molecular weight excluding hydrogens is 465 g/mol. The lowest BCUT2D eigenvalue weighted by Crippen LogP contribution is -2.50. The second kappa shape index (κ2) is 9.38. The number of halogens is 3. The first-order valence-corrected chi connectivity index (χ1v) is 10.6. The number of nitrogens with two attached hydrogens (primary N) is 1. The van der Waals surface area contributed by atoms with Crippen LogP contribution in [0.5, 0.6) is 0 Å². The summed E-state index contributed by atoms with van der Waals surface area (Å²) in [4.78, 5) is 41.1. The molecule has 0 aliphatic carbocycles. The maximum Gasteiger partial charge on any atom is 0.417 e. The second-order valence-electron chi connectivity index (χ2n) is 8.43. The van der Waals surface area contributed by atoms with Crippen molar-refractivity contribution < 1.29 is 32.3 Å². The van der Waals surface area contributed by atoms with Gasteiger partial charge in [-0.2, -0.15) is 18.4 Å². The number of urea groups is 1. The van der Waals surface area contributed by atoms with E-state index in [0.29, 0.717) is 16.5 Å². The van der Waals surface area contributed by atoms with Crippen LogP contribution in [-0.4, -0.2) is 42.5 Å². The van der Waals surface area contributed by atoms with Gasteiger partial charge in [0.15, 0.2) is 5.54 Å². The van der Waals surface area contributed by atoms with Crippen LogP contribution in [0.25, 0.3) is 0 Å². The van der Waals surface area contributed by atoms with E-state index in [0.717, 1.165) is 17.0 Å². The molecule has 35 heavy (non-hydrogen) atoms. The third kappa shape index (κ3) is 4.44. The number of nitriles is 1. The number of imide groups is 1. The molecule has 0 saturated carbocycles. The first kappa shape index (κ1) is 25.7. The quantitative estimate of drug-likeness (QED) is 0.492. The molecule has 3 amide bonds. The highest BCUT2D eigenvalue weighted by Gasteiger charge is 2.58. The molecule has 1 fully saturated rings. The Morgan fingerprint density at radius 1 is 1.17 bits per heavy atom. The largest absolute Gasteiger partial charge is 0.461 e. The zero-order valence-corrected chi connectivity index (χ0v) is 19.2. The van der Waals surface area contributed by atoms with Crippen molar-refractivity contribution in [3.63, 3.8) is 0 Å². The second-order valence-corrected chi connectivity index (χ2v) is 8.43. The van der Waals surface area contributed by atoms with E-state index in [1.807, 2.05) is 0 Å². The molecule has 2 N–H and O–H groups in total. The third-order valence-corrected chi connectivity index (χ3v) is 5.96. The van der Waals surface area contributed by atoms with Gasteiger partial charge in [0.05, 0.1) is 22.9 Å². The molecule has 1 aliphatic rings. The molecular formula is C24H23F3N4O4. The molecule has 2 atom stereocenters. The normalized spacial score (nSPS) is 19.2. The van der Waals surface area contributed by atoms with E-state index >= 15 is 0 Å². The Bertz CT molecular complexity index is 1190. The van der Waals surface area contributed by atoms with Crippen LogP contribution < -0.4 is 10.6 Å². The van der Waals surface area contributed by atoms with Crippen LogP contribution in [0.2, 0.25) is 0 Å². The van der Waals surface area contributed by atoms with E-state index in [1.165, 1.54) is 13.1 Å². The SMILES string of the molecule is CC(C)C(N)C(=O)OCC1(c2ccccc2)C(=O)N(c2ccc(C#N)c(C(F)(F)F)c2)C(=O)N1C. The van der Waals surface area contributed by atoms with Gasteiger partial charge in [0.25, 0.3) is 5.91 Å². The first-order chi connectivity index (χ1) is 16.4. The lowest BCUT2D eigenvalue weighted by molar-refractivity contribution is -0.151. The number of alkyl halides is 3. The Morgan fingerprint density at radius 3 is 2.34 bits per heavy atom. The van der Waals surface area contributed by atoms with Gasteiger partial charge in [-0.15, -0.1) is 0 Å². The van der Waals surface area contributed by atoms with E-state index in [-0.39, 0.29) is 11.6 Å². The van der Waals surface area contributed by atoms with Crippen molar-refractivity contribution in [2.45, 2.75) is 31.6 Å². The van der Waals surface area contributed by atoms with Crippen molar-refractivity contribution in [2.75, 3.05) is 18.6 Å². The van der Waals surface area contributed by atoms with Crippen LogP contribution in [0.3, 0.4) is 0 Å². The number of amides is 3. The van der Waals surface area contributed by atoms with Crippen molar-refractivity contribution in [3.05, 3.63) is 65.2 Å². The first-order valence-electron chi connectivity index (χ1n) is 10.6. The lowest BCUT2D eigenvalue weighted by atomic mass is 9.89. The molecule has 0 spiro atoms. The Morgan fingerprint density at radius 2 is 1.80 bits per heavy atom. The number of esters is 1. The summed E-state index contributed by atoms with van der Waals surface area (Å²) in [5.74, 6) is -1.97. The molecule has 8 nitrogen and oxygen atoms in total. The van der Waals surface area contributed by atoms with E-state index in [9.17, 15) is 27.6 Å². The smallest absolute Gasteiger partial charge is 0.417 e. The topological polar surface area (TPSA) is 117 Å². The fourth-order valence-electron chi connectivity index (χ4n) is 3.78. The number of carbonyl (C=O) groups excluding carboxylic acids is 3. The summed E-state index contributed by atoms with van der Waals surface area (Å²) in [6.45, 7) is 2.82. The monoisotopic (exact) mass is 488 g/mol. The van der Waals surface area contributed by atoms with Crippen LogP contribution in [0, 0.1) is 17.2 Å². The molecule has 0 bridgehead atoms. The maximum atomic E-state index is 13.8. The fraction of sp³-hybridized carbons (Fsp3) is 0.333. The summed E-state index contributed by atoms with van der Waals surface area (Å²) in [6, 6.07) is 10.1. The number of anilines is 1.